The fourth-order valence-corrected chi connectivity index (χ4v) is 3.42. The lowest BCUT2D eigenvalue weighted by Crippen LogP contribution is -2.19. The number of aryl methyl sites for hydroxylation is 1. The first-order chi connectivity index (χ1) is 11.0. The van der Waals surface area contributed by atoms with Gasteiger partial charge in [-0.3, -0.25) is 4.79 Å². The first-order valence-corrected chi connectivity index (χ1v) is 8.76. The summed E-state index contributed by atoms with van der Waals surface area (Å²) in [5.41, 5.74) is 2.76. The van der Waals surface area contributed by atoms with Crippen LogP contribution in [-0.2, 0) is 4.79 Å². The number of phenolic OH excluding ortho intramolecular Hbond substituents is 1. The first-order valence-electron chi connectivity index (χ1n) is 6.86. The number of para-hydroxylation sites is 1. The second-order valence-corrected chi connectivity index (χ2v) is 7.17. The fraction of sp³-hybridized carbons (Fsp3) is 0.0588. The van der Waals surface area contributed by atoms with E-state index >= 15 is 0 Å². The highest BCUT2D eigenvalue weighted by molar-refractivity contribution is 14.1. The molecule has 1 amide bonds. The molecule has 3 rings (SSSR count). The molecule has 1 saturated heterocycles. The number of amides is 1. The quantitative estimate of drug-likeness (QED) is 0.548. The van der Waals surface area contributed by atoms with Crippen molar-refractivity contribution in [2.75, 3.05) is 0 Å². The van der Waals surface area contributed by atoms with Gasteiger partial charge in [-0.2, -0.15) is 0 Å². The van der Waals surface area contributed by atoms with Crippen molar-refractivity contribution in [3.8, 4) is 5.75 Å². The van der Waals surface area contributed by atoms with Crippen molar-refractivity contribution in [2.24, 2.45) is 4.99 Å². The van der Waals surface area contributed by atoms with Gasteiger partial charge in [0, 0.05) is 0 Å². The number of rotatable bonds is 2. The molecule has 0 saturated carbocycles. The van der Waals surface area contributed by atoms with Crippen LogP contribution in [0.3, 0.4) is 0 Å². The number of aliphatic imine (C=N–C) groups is 1. The fourth-order valence-electron chi connectivity index (χ4n) is 2.04. The summed E-state index contributed by atoms with van der Waals surface area (Å²) in [6.45, 7) is 1.98. The normalized spacial score (nSPS) is 17.7. The van der Waals surface area contributed by atoms with E-state index in [1.807, 2.05) is 37.3 Å². The van der Waals surface area contributed by atoms with Gasteiger partial charge in [0.05, 0.1) is 14.2 Å². The number of benzene rings is 2. The molecule has 4 nitrogen and oxygen atoms in total. The second kappa shape index (κ2) is 6.76. The van der Waals surface area contributed by atoms with Gasteiger partial charge in [-0.05, 0) is 76.7 Å². The summed E-state index contributed by atoms with van der Waals surface area (Å²) in [5, 5.41) is 12.9. The summed E-state index contributed by atoms with van der Waals surface area (Å²) in [4.78, 5) is 17.2. The molecule has 116 valence electrons. The Morgan fingerprint density at radius 2 is 2.04 bits per heavy atom. The summed E-state index contributed by atoms with van der Waals surface area (Å²) in [7, 11) is 0. The van der Waals surface area contributed by atoms with Crippen LogP contribution in [0.1, 0.15) is 11.1 Å². The van der Waals surface area contributed by atoms with E-state index in [2.05, 4.69) is 32.9 Å². The first kappa shape index (κ1) is 16.1. The molecule has 0 atom stereocenters. The third-order valence-corrected chi connectivity index (χ3v) is 5.03. The molecule has 1 fully saturated rings. The van der Waals surface area contributed by atoms with Crippen LogP contribution in [0.4, 0.5) is 5.69 Å². The summed E-state index contributed by atoms with van der Waals surface area (Å²) in [6, 6.07) is 13.0. The van der Waals surface area contributed by atoms with Crippen LogP contribution in [0.5, 0.6) is 5.75 Å². The molecule has 6 heteroatoms. The van der Waals surface area contributed by atoms with Gasteiger partial charge < -0.3 is 10.4 Å². The number of phenols is 1. The summed E-state index contributed by atoms with van der Waals surface area (Å²) >= 11 is 3.37. The van der Waals surface area contributed by atoms with E-state index in [-0.39, 0.29) is 11.7 Å². The Bertz CT molecular complexity index is 846. The van der Waals surface area contributed by atoms with E-state index in [4.69, 9.17) is 0 Å². The van der Waals surface area contributed by atoms with Crippen molar-refractivity contribution in [3.63, 3.8) is 0 Å². The van der Waals surface area contributed by atoms with Gasteiger partial charge in [-0.25, -0.2) is 4.99 Å². The molecule has 2 N–H and O–H groups in total. The number of carbonyl (C=O) groups excluding carboxylic acids is 1. The molecule has 2 aromatic rings. The van der Waals surface area contributed by atoms with Crippen LogP contribution in [0.2, 0.25) is 0 Å². The highest BCUT2D eigenvalue weighted by Crippen LogP contribution is 2.30. The lowest BCUT2D eigenvalue weighted by Gasteiger charge is -2.00. The van der Waals surface area contributed by atoms with E-state index in [0.29, 0.717) is 10.1 Å². The van der Waals surface area contributed by atoms with Gasteiger partial charge in [-0.1, -0.05) is 24.3 Å². The standard InChI is InChI=1S/C17H13IN2O2S/c1-10-4-2-3-5-13(10)19-17-20-16(22)15(23-17)9-11-6-7-14(21)12(18)8-11/h2-9,21H,1H3,(H,19,20,22)/b15-9-. The molecule has 0 spiro atoms. The number of nitrogens with zero attached hydrogens (tertiary/aromatic N) is 1. The number of halogens is 1. The van der Waals surface area contributed by atoms with Crippen molar-refractivity contribution in [2.45, 2.75) is 6.92 Å². The van der Waals surface area contributed by atoms with Crippen LogP contribution in [-0.4, -0.2) is 16.2 Å². The number of thioether (sulfide) groups is 1. The van der Waals surface area contributed by atoms with Crippen LogP contribution in [0.25, 0.3) is 6.08 Å². The topological polar surface area (TPSA) is 61.7 Å². The average molecular weight is 436 g/mol. The van der Waals surface area contributed by atoms with Gasteiger partial charge in [0.1, 0.15) is 5.75 Å². The average Bonchev–Trinajstić information content (AvgIpc) is 2.85. The van der Waals surface area contributed by atoms with E-state index in [1.165, 1.54) is 11.8 Å². The smallest absolute Gasteiger partial charge is 0.264 e. The Morgan fingerprint density at radius 1 is 1.26 bits per heavy atom. The Balaban J connectivity index is 1.86. The van der Waals surface area contributed by atoms with Gasteiger partial charge in [-0.15, -0.1) is 0 Å². The van der Waals surface area contributed by atoms with E-state index in [9.17, 15) is 9.90 Å². The Labute approximate surface area is 151 Å². The molecule has 0 unspecified atom stereocenters. The van der Waals surface area contributed by atoms with Crippen LogP contribution < -0.4 is 5.32 Å². The maximum atomic E-state index is 12.1. The van der Waals surface area contributed by atoms with Crippen LogP contribution in [0.15, 0.2) is 52.4 Å². The third kappa shape index (κ3) is 3.76. The number of aromatic hydroxyl groups is 1. The van der Waals surface area contributed by atoms with Gasteiger partial charge in [0.2, 0.25) is 0 Å². The van der Waals surface area contributed by atoms with Crippen molar-refractivity contribution in [1.82, 2.24) is 5.32 Å². The van der Waals surface area contributed by atoms with Crippen LogP contribution in [0, 0.1) is 10.5 Å². The lowest BCUT2D eigenvalue weighted by molar-refractivity contribution is -0.115. The Kier molecular flexibility index (Phi) is 4.72. The van der Waals surface area contributed by atoms with Gasteiger partial charge in [0.15, 0.2) is 5.17 Å². The maximum absolute atomic E-state index is 12.1. The molecule has 0 aliphatic carbocycles. The van der Waals surface area contributed by atoms with E-state index in [1.54, 1.807) is 18.2 Å². The number of hydrogen-bond acceptors (Lipinski definition) is 4. The van der Waals surface area contributed by atoms with Crippen molar-refractivity contribution in [3.05, 3.63) is 62.1 Å². The molecule has 1 aliphatic rings. The molecule has 0 radical (unpaired) electrons. The predicted octanol–water partition coefficient (Wildman–Crippen LogP) is 4.20. The molecule has 1 aliphatic heterocycles. The molecular weight excluding hydrogens is 423 g/mol. The SMILES string of the molecule is Cc1ccccc1N=C1NC(=O)/C(=C/c2ccc(O)c(I)c2)S1. The van der Waals surface area contributed by atoms with Crippen molar-refractivity contribution in [1.29, 1.82) is 0 Å². The number of carbonyl (C=O) groups is 1. The maximum Gasteiger partial charge on any atom is 0.264 e. The highest BCUT2D eigenvalue weighted by Gasteiger charge is 2.24. The monoisotopic (exact) mass is 436 g/mol. The minimum Gasteiger partial charge on any atom is -0.507 e. The molecule has 1 heterocycles. The number of amidine groups is 1. The highest BCUT2D eigenvalue weighted by atomic mass is 127. The van der Waals surface area contributed by atoms with Gasteiger partial charge in [0.25, 0.3) is 5.91 Å². The zero-order valence-corrected chi connectivity index (χ0v) is 15.2. The Morgan fingerprint density at radius 3 is 2.78 bits per heavy atom. The molecular formula is C17H13IN2O2S. The molecule has 0 bridgehead atoms. The summed E-state index contributed by atoms with van der Waals surface area (Å²) in [5.74, 6) is 0.0727. The van der Waals surface area contributed by atoms with Crippen molar-refractivity contribution >= 4 is 57.2 Å². The predicted molar refractivity (Wildman–Crippen MR) is 103 cm³/mol. The van der Waals surface area contributed by atoms with Crippen molar-refractivity contribution < 1.29 is 9.90 Å². The lowest BCUT2D eigenvalue weighted by atomic mass is 10.2. The Hall–Kier alpha value is -1.80. The molecule has 23 heavy (non-hydrogen) atoms. The summed E-state index contributed by atoms with van der Waals surface area (Å²) in [6.07, 6.45) is 1.79. The second-order valence-electron chi connectivity index (χ2n) is 4.98. The van der Waals surface area contributed by atoms with E-state index in [0.717, 1.165) is 20.4 Å². The minimum atomic E-state index is -0.162. The van der Waals surface area contributed by atoms with Gasteiger partial charge >= 0.3 is 0 Å². The number of hydrogen-bond donors (Lipinski definition) is 2. The third-order valence-electron chi connectivity index (χ3n) is 3.26. The summed E-state index contributed by atoms with van der Waals surface area (Å²) < 4.78 is 0.745. The molecule has 2 aromatic carbocycles. The zero-order chi connectivity index (χ0) is 16.4. The van der Waals surface area contributed by atoms with Crippen LogP contribution >= 0.6 is 34.4 Å². The minimum absolute atomic E-state index is 0.162. The number of nitrogens with one attached hydrogen (secondary N) is 1. The zero-order valence-electron chi connectivity index (χ0n) is 12.2. The largest absolute Gasteiger partial charge is 0.507 e. The van der Waals surface area contributed by atoms with E-state index < -0.39 is 0 Å². The molecule has 0 aromatic heterocycles.